The van der Waals surface area contributed by atoms with Gasteiger partial charge in [0.2, 0.25) is 0 Å². The van der Waals surface area contributed by atoms with Crippen molar-refractivity contribution in [1.82, 2.24) is 4.98 Å². The predicted molar refractivity (Wildman–Crippen MR) is 69.7 cm³/mol. The second kappa shape index (κ2) is 4.92. The van der Waals surface area contributed by atoms with Crippen LogP contribution in [0, 0.1) is 5.92 Å². The number of hydrogen-bond acceptors (Lipinski definition) is 4. The quantitative estimate of drug-likeness (QED) is 0.749. The largest absolute Gasteiger partial charge is 0.397 e. The van der Waals surface area contributed by atoms with Crippen molar-refractivity contribution in [1.29, 1.82) is 0 Å². The average molecular weight is 235 g/mol. The third-order valence-electron chi connectivity index (χ3n) is 3.59. The normalized spacial score (nSPS) is 28.9. The van der Waals surface area contributed by atoms with Crippen molar-refractivity contribution in [3.05, 3.63) is 18.5 Å². The predicted octanol–water partition coefficient (Wildman–Crippen LogP) is 2.02. The molecule has 4 N–H and O–H groups in total. The highest BCUT2D eigenvalue weighted by molar-refractivity contribution is 5.51. The average Bonchev–Trinajstić information content (AvgIpc) is 2.31. The summed E-state index contributed by atoms with van der Waals surface area (Å²) in [6.45, 7) is 2.82. The fraction of sp³-hybridized carbons (Fsp3) is 0.615. The van der Waals surface area contributed by atoms with Gasteiger partial charge in [0.25, 0.3) is 0 Å². The number of aliphatic hydroxyl groups is 1. The van der Waals surface area contributed by atoms with Crippen molar-refractivity contribution in [2.75, 3.05) is 17.6 Å². The minimum absolute atomic E-state index is 0.572. The Kier molecular flexibility index (Phi) is 3.52. The SMILES string of the molecule is CC1CCC(O)(CNc2cncc(N)c2)CC1. The van der Waals surface area contributed by atoms with Crippen LogP contribution < -0.4 is 11.1 Å². The zero-order chi connectivity index (χ0) is 12.3. The summed E-state index contributed by atoms with van der Waals surface area (Å²) >= 11 is 0. The van der Waals surface area contributed by atoms with Crippen LogP contribution >= 0.6 is 0 Å². The summed E-state index contributed by atoms with van der Waals surface area (Å²) in [5, 5.41) is 13.6. The highest BCUT2D eigenvalue weighted by atomic mass is 16.3. The molecule has 4 heteroatoms. The Morgan fingerprint density at radius 3 is 2.82 bits per heavy atom. The second-order valence-electron chi connectivity index (χ2n) is 5.27. The number of nitrogen functional groups attached to an aromatic ring is 1. The number of pyridine rings is 1. The molecule has 0 aromatic carbocycles. The highest BCUT2D eigenvalue weighted by Gasteiger charge is 2.31. The Bertz CT molecular complexity index is 373. The summed E-state index contributed by atoms with van der Waals surface area (Å²) in [6, 6.07) is 1.84. The molecule has 0 atom stereocenters. The molecule has 4 nitrogen and oxygen atoms in total. The molecule has 0 radical (unpaired) electrons. The van der Waals surface area contributed by atoms with Crippen molar-refractivity contribution >= 4 is 11.4 Å². The number of aromatic nitrogens is 1. The smallest absolute Gasteiger partial charge is 0.0819 e. The van der Waals surface area contributed by atoms with Gasteiger partial charge < -0.3 is 16.2 Å². The summed E-state index contributed by atoms with van der Waals surface area (Å²) in [4.78, 5) is 4.01. The van der Waals surface area contributed by atoms with Gasteiger partial charge in [-0.3, -0.25) is 4.98 Å². The molecule has 2 rings (SSSR count). The van der Waals surface area contributed by atoms with Crippen molar-refractivity contribution in [3.8, 4) is 0 Å². The molecule has 0 unspecified atom stereocenters. The van der Waals surface area contributed by atoms with E-state index in [0.29, 0.717) is 12.2 Å². The van der Waals surface area contributed by atoms with Gasteiger partial charge in [0.1, 0.15) is 0 Å². The Balaban J connectivity index is 1.89. The van der Waals surface area contributed by atoms with Crippen LogP contribution in [0.1, 0.15) is 32.6 Å². The van der Waals surface area contributed by atoms with Gasteiger partial charge >= 0.3 is 0 Å². The minimum atomic E-state index is -0.572. The van der Waals surface area contributed by atoms with E-state index in [2.05, 4.69) is 17.2 Å². The monoisotopic (exact) mass is 235 g/mol. The van der Waals surface area contributed by atoms with Crippen molar-refractivity contribution < 1.29 is 5.11 Å². The first kappa shape index (κ1) is 12.2. The lowest BCUT2D eigenvalue weighted by Crippen LogP contribution is -2.40. The molecule has 1 aromatic rings. The first-order valence-corrected chi connectivity index (χ1v) is 6.24. The maximum absolute atomic E-state index is 10.4. The maximum Gasteiger partial charge on any atom is 0.0819 e. The fourth-order valence-electron chi connectivity index (χ4n) is 2.30. The molecule has 1 aliphatic carbocycles. The number of anilines is 2. The van der Waals surface area contributed by atoms with Crippen LogP contribution in [0.3, 0.4) is 0 Å². The maximum atomic E-state index is 10.4. The van der Waals surface area contributed by atoms with E-state index in [1.54, 1.807) is 12.4 Å². The zero-order valence-electron chi connectivity index (χ0n) is 10.3. The van der Waals surface area contributed by atoms with E-state index in [-0.39, 0.29) is 0 Å². The fourth-order valence-corrected chi connectivity index (χ4v) is 2.30. The standard InChI is InChI=1S/C13H21N3O/c1-10-2-4-13(17,5-3-10)9-16-12-6-11(14)7-15-8-12/h6-8,10,16-17H,2-5,9,14H2,1H3. The van der Waals surface area contributed by atoms with E-state index < -0.39 is 5.60 Å². The molecule has 0 amide bonds. The van der Waals surface area contributed by atoms with Crippen LogP contribution in [0.25, 0.3) is 0 Å². The molecule has 1 aliphatic rings. The molecular weight excluding hydrogens is 214 g/mol. The third-order valence-corrected chi connectivity index (χ3v) is 3.59. The molecule has 1 saturated carbocycles. The van der Waals surface area contributed by atoms with Gasteiger partial charge in [0.05, 0.1) is 23.2 Å². The van der Waals surface area contributed by atoms with Crippen LogP contribution in [-0.2, 0) is 0 Å². The highest BCUT2D eigenvalue weighted by Crippen LogP contribution is 2.31. The third kappa shape index (κ3) is 3.33. The van der Waals surface area contributed by atoms with Crippen LogP contribution in [0.4, 0.5) is 11.4 Å². The van der Waals surface area contributed by atoms with Crippen LogP contribution in [0.2, 0.25) is 0 Å². The Hall–Kier alpha value is -1.29. The van der Waals surface area contributed by atoms with Gasteiger partial charge in [-0.1, -0.05) is 6.92 Å². The van der Waals surface area contributed by atoms with Gasteiger partial charge in [-0.2, -0.15) is 0 Å². The van der Waals surface area contributed by atoms with Gasteiger partial charge in [0, 0.05) is 12.7 Å². The number of rotatable bonds is 3. The number of hydrogen-bond donors (Lipinski definition) is 3. The Labute approximate surface area is 102 Å². The summed E-state index contributed by atoms with van der Waals surface area (Å²) in [6.07, 6.45) is 7.29. The molecule has 1 aromatic heterocycles. The first-order valence-electron chi connectivity index (χ1n) is 6.24. The van der Waals surface area contributed by atoms with E-state index in [1.807, 2.05) is 6.07 Å². The van der Waals surface area contributed by atoms with E-state index in [0.717, 1.165) is 37.3 Å². The Morgan fingerprint density at radius 2 is 2.18 bits per heavy atom. The molecule has 1 heterocycles. The second-order valence-corrected chi connectivity index (χ2v) is 5.27. The molecule has 0 bridgehead atoms. The van der Waals surface area contributed by atoms with E-state index >= 15 is 0 Å². The summed E-state index contributed by atoms with van der Waals surface area (Å²) in [5.41, 5.74) is 6.59. The Morgan fingerprint density at radius 1 is 1.47 bits per heavy atom. The molecule has 0 saturated heterocycles. The zero-order valence-corrected chi connectivity index (χ0v) is 10.3. The van der Waals surface area contributed by atoms with Crippen molar-refractivity contribution in [2.45, 2.75) is 38.2 Å². The molecule has 1 fully saturated rings. The molecular formula is C13H21N3O. The number of nitrogens with one attached hydrogen (secondary N) is 1. The first-order chi connectivity index (χ1) is 8.07. The number of nitrogens with zero attached hydrogens (tertiary/aromatic N) is 1. The lowest BCUT2D eigenvalue weighted by molar-refractivity contribution is 0.00501. The summed E-state index contributed by atoms with van der Waals surface area (Å²) in [5.74, 6) is 0.740. The van der Waals surface area contributed by atoms with Crippen LogP contribution in [0.5, 0.6) is 0 Å². The topological polar surface area (TPSA) is 71.2 Å². The van der Waals surface area contributed by atoms with Crippen LogP contribution in [0.15, 0.2) is 18.5 Å². The molecule has 0 spiro atoms. The summed E-state index contributed by atoms with van der Waals surface area (Å²) in [7, 11) is 0. The molecule has 94 valence electrons. The molecule has 0 aliphatic heterocycles. The molecule has 17 heavy (non-hydrogen) atoms. The van der Waals surface area contributed by atoms with E-state index in [4.69, 9.17) is 5.73 Å². The van der Waals surface area contributed by atoms with E-state index in [1.165, 1.54) is 0 Å². The van der Waals surface area contributed by atoms with Gasteiger partial charge in [-0.25, -0.2) is 0 Å². The van der Waals surface area contributed by atoms with E-state index in [9.17, 15) is 5.11 Å². The van der Waals surface area contributed by atoms with Crippen molar-refractivity contribution in [3.63, 3.8) is 0 Å². The lowest BCUT2D eigenvalue weighted by atomic mass is 9.79. The van der Waals surface area contributed by atoms with Crippen molar-refractivity contribution in [2.24, 2.45) is 5.92 Å². The van der Waals surface area contributed by atoms with Gasteiger partial charge in [-0.15, -0.1) is 0 Å². The van der Waals surface area contributed by atoms with Gasteiger partial charge in [0.15, 0.2) is 0 Å². The minimum Gasteiger partial charge on any atom is -0.397 e. The summed E-state index contributed by atoms with van der Waals surface area (Å²) < 4.78 is 0. The number of nitrogens with two attached hydrogens (primary N) is 1. The van der Waals surface area contributed by atoms with Gasteiger partial charge in [-0.05, 0) is 37.7 Å². The lowest BCUT2D eigenvalue weighted by Gasteiger charge is -2.35. The van der Waals surface area contributed by atoms with Crippen LogP contribution in [-0.4, -0.2) is 22.2 Å².